The van der Waals surface area contributed by atoms with Gasteiger partial charge < -0.3 is 14.7 Å². The molecule has 156 valence electrons. The van der Waals surface area contributed by atoms with Gasteiger partial charge in [-0.3, -0.25) is 5.41 Å². The Morgan fingerprint density at radius 3 is 2.36 bits per heavy atom. The van der Waals surface area contributed by atoms with Gasteiger partial charge in [0, 0.05) is 36.3 Å². The molecule has 5 nitrogen and oxygen atoms in total. The third kappa shape index (κ3) is 4.66. The van der Waals surface area contributed by atoms with Crippen LogP contribution in [-0.2, 0) is 15.1 Å². The molecule has 1 aliphatic heterocycles. The predicted molar refractivity (Wildman–Crippen MR) is 107 cm³/mol. The molecule has 0 aromatic heterocycles. The Labute approximate surface area is 177 Å². The lowest BCUT2D eigenvalue weighted by Crippen LogP contribution is -2.49. The number of piperidine rings is 1. The van der Waals surface area contributed by atoms with Gasteiger partial charge >= 0.3 is 5.97 Å². The molecule has 2 fully saturated rings. The molecule has 2 atom stereocenters. The largest absolute Gasteiger partial charge is 0.479 e. The molecule has 1 aliphatic carbocycles. The molecule has 0 radical (unpaired) electrons. The summed E-state index contributed by atoms with van der Waals surface area (Å²) in [4.78, 5) is 14.3. The average molecular weight is 482 g/mol. The van der Waals surface area contributed by atoms with E-state index in [1.807, 2.05) is 4.90 Å². The summed E-state index contributed by atoms with van der Waals surface area (Å²) in [5, 5.41) is 17.5. The summed E-state index contributed by atoms with van der Waals surface area (Å²) in [6, 6.07) is 6.70. The van der Waals surface area contributed by atoms with E-state index in [1.54, 1.807) is 24.3 Å². The monoisotopic (exact) mass is 480 g/mol. The molecule has 0 bridgehead atoms. The van der Waals surface area contributed by atoms with Crippen molar-refractivity contribution >= 4 is 40.6 Å². The maximum Gasteiger partial charge on any atom is 0.340 e. The van der Waals surface area contributed by atoms with Crippen LogP contribution < -0.4 is 0 Å². The lowest BCUT2D eigenvalue weighted by Gasteiger charge is -2.41. The van der Waals surface area contributed by atoms with E-state index in [1.165, 1.54) is 6.34 Å². The number of aliphatic carboxylic acids is 1. The van der Waals surface area contributed by atoms with Crippen molar-refractivity contribution in [3.05, 3.63) is 34.3 Å². The van der Waals surface area contributed by atoms with Crippen molar-refractivity contribution in [1.82, 2.24) is 4.90 Å². The van der Waals surface area contributed by atoms with E-state index in [9.17, 15) is 18.7 Å². The van der Waals surface area contributed by atoms with E-state index >= 15 is 0 Å². The normalized spacial score (nSPS) is 24.2. The number of carboxylic acids is 1. The molecular formula is C19H24BrClF2N2O3. The molecule has 2 aliphatic rings. The van der Waals surface area contributed by atoms with E-state index in [0.29, 0.717) is 31.5 Å². The fraction of sp³-hybridized carbons (Fsp3) is 0.579. The number of nitrogens with zero attached hydrogens (tertiary/aromatic N) is 1. The van der Waals surface area contributed by atoms with Crippen molar-refractivity contribution in [1.29, 1.82) is 5.41 Å². The van der Waals surface area contributed by atoms with Crippen LogP contribution in [0.3, 0.4) is 0 Å². The molecule has 1 saturated carbocycles. The number of alkyl halides is 2. The first-order chi connectivity index (χ1) is 12.8. The van der Waals surface area contributed by atoms with Gasteiger partial charge in [-0.25, -0.2) is 13.6 Å². The first-order valence-corrected chi connectivity index (χ1v) is 9.86. The van der Waals surface area contributed by atoms with Crippen LogP contribution in [-0.4, -0.2) is 47.4 Å². The van der Waals surface area contributed by atoms with E-state index in [4.69, 9.17) is 10.1 Å². The Kier molecular flexibility index (Phi) is 7.44. The SMILES string of the molecule is Cl.N=CN1CCC(O[C@@](C(=O)O)(c2ccc(Br)cc2)[C@@H]2CCC(F)(F)C2)CC1. The highest BCUT2D eigenvalue weighted by Gasteiger charge is 2.56. The maximum atomic E-state index is 14.0. The smallest absolute Gasteiger partial charge is 0.340 e. The minimum Gasteiger partial charge on any atom is -0.479 e. The van der Waals surface area contributed by atoms with Crippen LogP contribution in [0.4, 0.5) is 8.78 Å². The van der Waals surface area contributed by atoms with Crippen molar-refractivity contribution in [3.8, 4) is 0 Å². The highest BCUT2D eigenvalue weighted by atomic mass is 79.9. The third-order valence-electron chi connectivity index (χ3n) is 5.58. The molecule has 0 unspecified atom stereocenters. The van der Waals surface area contributed by atoms with Gasteiger partial charge in [0.2, 0.25) is 5.92 Å². The van der Waals surface area contributed by atoms with Crippen LogP contribution in [0.5, 0.6) is 0 Å². The Morgan fingerprint density at radius 1 is 1.29 bits per heavy atom. The number of hydrogen-bond acceptors (Lipinski definition) is 3. The van der Waals surface area contributed by atoms with E-state index in [2.05, 4.69) is 15.9 Å². The molecule has 1 aromatic rings. The van der Waals surface area contributed by atoms with Gasteiger partial charge in [-0.15, -0.1) is 12.4 Å². The predicted octanol–water partition coefficient (Wildman–Crippen LogP) is 4.67. The van der Waals surface area contributed by atoms with Gasteiger partial charge in [-0.2, -0.15) is 0 Å². The summed E-state index contributed by atoms with van der Waals surface area (Å²) in [6.07, 6.45) is 1.32. The zero-order valence-corrected chi connectivity index (χ0v) is 17.6. The molecule has 1 saturated heterocycles. The quantitative estimate of drug-likeness (QED) is 0.457. The number of nitrogens with one attached hydrogen (secondary N) is 1. The fourth-order valence-electron chi connectivity index (χ4n) is 4.13. The Hall–Kier alpha value is -1.25. The number of halogens is 4. The van der Waals surface area contributed by atoms with Crippen molar-refractivity contribution in [2.45, 2.75) is 49.7 Å². The van der Waals surface area contributed by atoms with E-state index in [-0.39, 0.29) is 31.4 Å². The van der Waals surface area contributed by atoms with Crippen LogP contribution in [0.25, 0.3) is 0 Å². The van der Waals surface area contributed by atoms with Gasteiger partial charge in [0.1, 0.15) is 0 Å². The number of rotatable bonds is 6. The van der Waals surface area contributed by atoms with E-state index in [0.717, 1.165) is 4.47 Å². The van der Waals surface area contributed by atoms with Crippen LogP contribution in [0, 0.1) is 11.3 Å². The van der Waals surface area contributed by atoms with Crippen molar-refractivity contribution in [2.24, 2.45) is 5.92 Å². The van der Waals surface area contributed by atoms with Crippen LogP contribution in [0.15, 0.2) is 28.7 Å². The summed E-state index contributed by atoms with van der Waals surface area (Å²) < 4.78 is 34.9. The number of carbonyl (C=O) groups is 1. The highest BCUT2D eigenvalue weighted by Crippen LogP contribution is 2.50. The highest BCUT2D eigenvalue weighted by molar-refractivity contribution is 9.10. The molecule has 0 spiro atoms. The molecule has 3 rings (SSSR count). The Bertz CT molecular complexity index is 699. The molecule has 1 heterocycles. The maximum absolute atomic E-state index is 14.0. The lowest BCUT2D eigenvalue weighted by atomic mass is 9.79. The number of carboxylic acid groups (broad SMARTS) is 1. The third-order valence-corrected chi connectivity index (χ3v) is 6.11. The molecule has 0 amide bonds. The van der Waals surface area contributed by atoms with Gasteiger partial charge in [-0.05, 0) is 37.0 Å². The standard InChI is InChI=1S/C19H23BrF2N2O3.ClH/c20-15-3-1-13(2-4-15)19(17(25)26,14-5-8-18(21,22)11-14)27-16-6-9-24(12-23)10-7-16;/h1-4,12,14,16,23H,5-11H2,(H,25,26);1H/t14-,19+;/m1./s1. The molecule has 1 aromatic carbocycles. The topological polar surface area (TPSA) is 73.6 Å². The Balaban J connectivity index is 0.00000280. The molecule has 28 heavy (non-hydrogen) atoms. The molecule has 2 N–H and O–H groups in total. The summed E-state index contributed by atoms with van der Waals surface area (Å²) in [6.45, 7) is 1.18. The van der Waals surface area contributed by atoms with Crippen molar-refractivity contribution in [3.63, 3.8) is 0 Å². The number of hydrogen-bond donors (Lipinski definition) is 2. The second kappa shape index (κ2) is 9.05. The van der Waals surface area contributed by atoms with E-state index < -0.39 is 29.8 Å². The van der Waals surface area contributed by atoms with Crippen molar-refractivity contribution in [2.75, 3.05) is 13.1 Å². The number of ether oxygens (including phenoxy) is 1. The lowest BCUT2D eigenvalue weighted by molar-refractivity contribution is -0.193. The first-order valence-electron chi connectivity index (χ1n) is 9.06. The summed E-state index contributed by atoms with van der Waals surface area (Å²) in [5.41, 5.74) is -1.40. The summed E-state index contributed by atoms with van der Waals surface area (Å²) in [5.74, 6) is -4.89. The second-order valence-corrected chi connectivity index (χ2v) is 8.24. The Morgan fingerprint density at radius 2 is 1.89 bits per heavy atom. The van der Waals surface area contributed by atoms with Crippen molar-refractivity contribution < 1.29 is 23.4 Å². The van der Waals surface area contributed by atoms with Gasteiger partial charge in [-0.1, -0.05) is 28.1 Å². The van der Waals surface area contributed by atoms with Gasteiger partial charge in [0.15, 0.2) is 5.60 Å². The van der Waals surface area contributed by atoms with Crippen LogP contribution in [0.1, 0.15) is 37.7 Å². The molecule has 9 heteroatoms. The average Bonchev–Trinajstić information content (AvgIpc) is 3.01. The van der Waals surface area contributed by atoms with Crippen LogP contribution in [0.2, 0.25) is 0 Å². The van der Waals surface area contributed by atoms with Gasteiger partial charge in [0.05, 0.1) is 12.4 Å². The summed E-state index contributed by atoms with van der Waals surface area (Å²) >= 11 is 3.33. The number of benzene rings is 1. The first kappa shape index (κ1) is 23.0. The fourth-order valence-corrected chi connectivity index (χ4v) is 4.39. The minimum atomic E-state index is -2.87. The summed E-state index contributed by atoms with van der Waals surface area (Å²) in [7, 11) is 0. The molecular weight excluding hydrogens is 458 g/mol. The van der Waals surface area contributed by atoms with Gasteiger partial charge in [0.25, 0.3) is 0 Å². The zero-order chi connectivity index (χ0) is 19.7. The minimum absolute atomic E-state index is 0. The second-order valence-electron chi connectivity index (χ2n) is 7.33. The van der Waals surface area contributed by atoms with Crippen LogP contribution >= 0.6 is 28.3 Å². The zero-order valence-electron chi connectivity index (χ0n) is 15.2. The number of likely N-dealkylation sites (tertiary alicyclic amines) is 1.